The maximum atomic E-state index is 12.8. The van der Waals surface area contributed by atoms with Gasteiger partial charge in [-0.05, 0) is 25.5 Å². The van der Waals surface area contributed by atoms with Crippen LogP contribution in [0.25, 0.3) is 10.9 Å². The van der Waals surface area contributed by atoms with Crippen molar-refractivity contribution in [1.29, 1.82) is 0 Å². The first kappa shape index (κ1) is 19.3. The molecule has 0 radical (unpaired) electrons. The van der Waals surface area contributed by atoms with Gasteiger partial charge in [0.25, 0.3) is 0 Å². The van der Waals surface area contributed by atoms with Gasteiger partial charge in [0.2, 0.25) is 12.3 Å². The van der Waals surface area contributed by atoms with Crippen LogP contribution in [0.1, 0.15) is 19.4 Å². The number of ether oxygens (including phenoxy) is 1. The Labute approximate surface area is 161 Å². The number of amides is 2. The molecule has 8 heteroatoms. The summed E-state index contributed by atoms with van der Waals surface area (Å²) in [7, 11) is 1.29. The van der Waals surface area contributed by atoms with Crippen LogP contribution in [0.3, 0.4) is 0 Å². The Bertz CT molecular complexity index is 864. The summed E-state index contributed by atoms with van der Waals surface area (Å²) in [6, 6.07) is 6.31. The van der Waals surface area contributed by atoms with Gasteiger partial charge in [-0.2, -0.15) is 0 Å². The number of benzene rings is 1. The van der Waals surface area contributed by atoms with Crippen molar-refractivity contribution < 1.29 is 19.1 Å². The van der Waals surface area contributed by atoms with Crippen molar-refractivity contribution in [3.63, 3.8) is 0 Å². The van der Waals surface area contributed by atoms with Crippen LogP contribution in [0, 0.1) is 0 Å². The first-order valence-corrected chi connectivity index (χ1v) is 9.67. The van der Waals surface area contributed by atoms with Crippen LogP contribution in [-0.2, 0) is 25.5 Å². The number of hydrogen-bond acceptors (Lipinski definition) is 5. The van der Waals surface area contributed by atoms with Gasteiger partial charge in [0.05, 0.1) is 12.0 Å². The van der Waals surface area contributed by atoms with Gasteiger partial charge in [-0.15, -0.1) is 11.8 Å². The highest BCUT2D eigenvalue weighted by molar-refractivity contribution is 8.00. The Morgan fingerprint density at radius 3 is 2.89 bits per heavy atom. The Balaban J connectivity index is 1.78. The number of methoxy groups -OCH3 is 1. The molecule has 7 nitrogen and oxygen atoms in total. The van der Waals surface area contributed by atoms with Crippen LogP contribution in [0.5, 0.6) is 0 Å². The molecule has 2 N–H and O–H groups in total. The summed E-state index contributed by atoms with van der Waals surface area (Å²) in [6.07, 6.45) is 2.82. The minimum Gasteiger partial charge on any atom is -0.467 e. The number of H-pyrrole nitrogens is 1. The molecule has 2 unspecified atom stereocenters. The zero-order chi connectivity index (χ0) is 19.6. The highest BCUT2D eigenvalue weighted by Crippen LogP contribution is 2.37. The minimum atomic E-state index is -0.830. The second kappa shape index (κ2) is 7.64. The number of nitrogens with zero attached hydrogens (tertiary/aromatic N) is 1. The number of rotatable bonds is 6. The summed E-state index contributed by atoms with van der Waals surface area (Å²) >= 11 is 1.53. The predicted molar refractivity (Wildman–Crippen MR) is 104 cm³/mol. The van der Waals surface area contributed by atoms with E-state index >= 15 is 0 Å². The number of esters is 1. The summed E-state index contributed by atoms with van der Waals surface area (Å²) in [4.78, 5) is 40.7. The van der Waals surface area contributed by atoms with Gasteiger partial charge in [-0.3, -0.25) is 9.59 Å². The molecule has 2 amide bonds. The summed E-state index contributed by atoms with van der Waals surface area (Å²) in [5.74, 6) is -0.384. The smallest absolute Gasteiger partial charge is 0.328 e. The molecule has 1 aromatic carbocycles. The molecule has 27 heavy (non-hydrogen) atoms. The molecule has 1 aliphatic heterocycles. The Hall–Kier alpha value is -2.48. The normalized spacial score (nSPS) is 19.7. The summed E-state index contributed by atoms with van der Waals surface area (Å²) < 4.78 is 4.88. The van der Waals surface area contributed by atoms with E-state index < -0.39 is 22.9 Å². The minimum absolute atomic E-state index is 0.298. The van der Waals surface area contributed by atoms with Crippen molar-refractivity contribution in [3.8, 4) is 0 Å². The molecule has 1 saturated heterocycles. The third kappa shape index (κ3) is 3.80. The molecule has 2 atom stereocenters. The number of carbonyl (C=O) groups is 3. The molecule has 0 bridgehead atoms. The van der Waals surface area contributed by atoms with E-state index in [1.807, 2.05) is 44.3 Å². The molecule has 2 aromatic rings. The lowest BCUT2D eigenvalue weighted by molar-refractivity contribution is -0.146. The summed E-state index contributed by atoms with van der Waals surface area (Å²) in [6.45, 7) is 3.78. The average Bonchev–Trinajstić information content (AvgIpc) is 3.20. The van der Waals surface area contributed by atoms with E-state index in [-0.39, 0.29) is 5.91 Å². The van der Waals surface area contributed by atoms with Crippen LogP contribution in [0.2, 0.25) is 0 Å². The van der Waals surface area contributed by atoms with Crippen molar-refractivity contribution in [2.75, 3.05) is 12.9 Å². The Morgan fingerprint density at radius 1 is 1.44 bits per heavy atom. The van der Waals surface area contributed by atoms with Gasteiger partial charge < -0.3 is 19.9 Å². The SMILES string of the molecule is COC(=O)C(Cc1c[nH]c2ccccc12)NC(=O)C1CSC(C)(C)N1C=O. The first-order chi connectivity index (χ1) is 12.9. The number of carbonyl (C=O) groups excluding carboxylic acids is 3. The van der Waals surface area contributed by atoms with Crippen LogP contribution in [0.15, 0.2) is 30.5 Å². The number of fused-ring (bicyclic) bond motifs is 1. The first-order valence-electron chi connectivity index (χ1n) is 8.68. The maximum absolute atomic E-state index is 12.8. The molecule has 1 aliphatic rings. The number of para-hydroxylation sites is 1. The zero-order valence-corrected chi connectivity index (χ0v) is 16.3. The number of thioether (sulfide) groups is 1. The van der Waals surface area contributed by atoms with E-state index in [2.05, 4.69) is 10.3 Å². The second-order valence-electron chi connectivity index (χ2n) is 6.93. The van der Waals surface area contributed by atoms with E-state index in [1.54, 1.807) is 0 Å². The fourth-order valence-electron chi connectivity index (χ4n) is 3.34. The van der Waals surface area contributed by atoms with Gasteiger partial charge in [0.1, 0.15) is 12.1 Å². The molecule has 2 heterocycles. The lowest BCUT2D eigenvalue weighted by Crippen LogP contribution is -2.53. The van der Waals surface area contributed by atoms with Gasteiger partial charge in [-0.1, -0.05) is 18.2 Å². The van der Waals surface area contributed by atoms with E-state index in [9.17, 15) is 14.4 Å². The van der Waals surface area contributed by atoms with Crippen molar-refractivity contribution in [2.45, 2.75) is 37.2 Å². The lowest BCUT2D eigenvalue weighted by Gasteiger charge is -2.30. The fourth-order valence-corrected chi connectivity index (χ4v) is 4.54. The van der Waals surface area contributed by atoms with Gasteiger partial charge in [0, 0.05) is 29.3 Å². The molecule has 1 fully saturated rings. The standard InChI is InChI=1S/C19H23N3O4S/c1-19(2)22(11-23)16(10-27-19)17(24)21-15(18(25)26-3)8-12-9-20-14-7-5-4-6-13(12)14/h4-7,9,11,15-16,20H,8,10H2,1-3H3,(H,21,24). The molecular weight excluding hydrogens is 366 g/mol. The third-order valence-corrected chi connectivity index (χ3v) is 6.27. The maximum Gasteiger partial charge on any atom is 0.328 e. The molecule has 0 saturated carbocycles. The van der Waals surface area contributed by atoms with Gasteiger partial charge in [-0.25, -0.2) is 4.79 Å². The lowest BCUT2D eigenvalue weighted by atomic mass is 10.0. The van der Waals surface area contributed by atoms with Crippen LogP contribution < -0.4 is 5.32 Å². The molecule has 1 aromatic heterocycles. The van der Waals surface area contributed by atoms with E-state index in [0.29, 0.717) is 18.6 Å². The van der Waals surface area contributed by atoms with Crippen LogP contribution in [-0.4, -0.2) is 58.0 Å². The monoisotopic (exact) mass is 389 g/mol. The van der Waals surface area contributed by atoms with Gasteiger partial charge in [0.15, 0.2) is 0 Å². The number of nitrogens with one attached hydrogen (secondary N) is 2. The number of aromatic amines is 1. The van der Waals surface area contributed by atoms with Crippen LogP contribution >= 0.6 is 11.8 Å². The van der Waals surface area contributed by atoms with Crippen molar-refractivity contribution in [1.82, 2.24) is 15.2 Å². The number of hydrogen-bond donors (Lipinski definition) is 2. The van der Waals surface area contributed by atoms with Crippen molar-refractivity contribution in [2.24, 2.45) is 0 Å². The van der Waals surface area contributed by atoms with E-state index in [0.717, 1.165) is 16.5 Å². The number of aromatic nitrogens is 1. The molecule has 144 valence electrons. The van der Waals surface area contributed by atoms with E-state index in [1.165, 1.54) is 23.8 Å². The highest BCUT2D eigenvalue weighted by atomic mass is 32.2. The third-order valence-electron chi connectivity index (χ3n) is 4.87. The molecule has 0 aliphatic carbocycles. The quantitative estimate of drug-likeness (QED) is 0.579. The second-order valence-corrected chi connectivity index (χ2v) is 8.56. The molecule has 3 rings (SSSR count). The predicted octanol–water partition coefficient (Wildman–Crippen LogP) is 1.68. The van der Waals surface area contributed by atoms with Crippen molar-refractivity contribution in [3.05, 3.63) is 36.0 Å². The Kier molecular flexibility index (Phi) is 5.46. The topological polar surface area (TPSA) is 91.5 Å². The van der Waals surface area contributed by atoms with Gasteiger partial charge >= 0.3 is 5.97 Å². The fraction of sp³-hybridized carbons (Fsp3) is 0.421. The summed E-state index contributed by atoms with van der Waals surface area (Å²) in [5, 5.41) is 3.77. The van der Waals surface area contributed by atoms with E-state index in [4.69, 9.17) is 4.74 Å². The van der Waals surface area contributed by atoms with Crippen molar-refractivity contribution >= 4 is 41.0 Å². The largest absolute Gasteiger partial charge is 0.467 e. The van der Waals surface area contributed by atoms with Crippen LogP contribution in [0.4, 0.5) is 0 Å². The zero-order valence-electron chi connectivity index (χ0n) is 15.5. The summed E-state index contributed by atoms with van der Waals surface area (Å²) in [5.41, 5.74) is 1.87. The Morgan fingerprint density at radius 2 is 2.19 bits per heavy atom. The highest BCUT2D eigenvalue weighted by Gasteiger charge is 2.43. The molecule has 0 spiro atoms. The average molecular weight is 389 g/mol. The molecular formula is C19H23N3O4S.